The molecule has 0 spiro atoms. The molecule has 1 N–H and O–H groups in total. The summed E-state index contributed by atoms with van der Waals surface area (Å²) in [4.78, 5) is 12.0. The molecule has 0 bridgehead atoms. The molecule has 1 aliphatic heterocycles. The van der Waals surface area contributed by atoms with E-state index in [9.17, 15) is 18.0 Å². The van der Waals surface area contributed by atoms with Crippen LogP contribution in [0.2, 0.25) is 0 Å². The van der Waals surface area contributed by atoms with Crippen LogP contribution < -0.4 is 5.32 Å². The van der Waals surface area contributed by atoms with Crippen molar-refractivity contribution in [3.63, 3.8) is 0 Å². The van der Waals surface area contributed by atoms with Crippen LogP contribution in [0.3, 0.4) is 0 Å². The van der Waals surface area contributed by atoms with E-state index in [4.69, 9.17) is 0 Å². The molecule has 2 heterocycles. The highest BCUT2D eigenvalue weighted by atomic mass is 19.4. The molecule has 0 aliphatic carbocycles. The smallest absolute Gasteiger partial charge is 0.311 e. The highest BCUT2D eigenvalue weighted by Gasteiger charge is 2.34. The van der Waals surface area contributed by atoms with Crippen molar-refractivity contribution < 1.29 is 18.0 Å². The second-order valence-electron chi connectivity index (χ2n) is 5.91. The van der Waals surface area contributed by atoms with Crippen LogP contribution in [0.15, 0.2) is 30.5 Å². The Morgan fingerprint density at radius 2 is 2.09 bits per heavy atom. The molecule has 3 rings (SSSR count). The van der Waals surface area contributed by atoms with E-state index in [0.29, 0.717) is 11.4 Å². The van der Waals surface area contributed by atoms with Gasteiger partial charge in [-0.3, -0.25) is 4.79 Å². The van der Waals surface area contributed by atoms with Crippen molar-refractivity contribution in [2.24, 2.45) is 0 Å². The normalized spacial score (nSPS) is 18.0. The molecule has 0 unspecified atom stereocenters. The predicted octanol–water partition coefficient (Wildman–Crippen LogP) is 3.96. The van der Waals surface area contributed by atoms with Gasteiger partial charge < -0.3 is 5.32 Å². The second kappa shape index (κ2) is 5.40. The van der Waals surface area contributed by atoms with Crippen LogP contribution in [0.4, 0.5) is 19.0 Å². The van der Waals surface area contributed by atoms with Gasteiger partial charge in [0.1, 0.15) is 5.82 Å². The first-order valence-electron chi connectivity index (χ1n) is 7.31. The first kappa shape index (κ1) is 15.6. The number of benzene rings is 1. The molecule has 1 atom stereocenters. The molecular formula is C16H16F3N3O. The summed E-state index contributed by atoms with van der Waals surface area (Å²) in [5, 5.41) is 7.03. The molecular weight excluding hydrogens is 307 g/mol. The van der Waals surface area contributed by atoms with Crippen LogP contribution in [0.25, 0.3) is 0 Å². The molecule has 0 saturated carbocycles. The number of rotatable bonds is 2. The second-order valence-corrected chi connectivity index (χ2v) is 5.91. The van der Waals surface area contributed by atoms with Crippen LogP contribution in [0.5, 0.6) is 0 Å². The average Bonchev–Trinajstić information content (AvgIpc) is 2.89. The first-order chi connectivity index (χ1) is 10.8. The molecule has 1 aromatic heterocycles. The average molecular weight is 323 g/mol. The van der Waals surface area contributed by atoms with Gasteiger partial charge in [-0.05, 0) is 25.5 Å². The highest BCUT2D eigenvalue weighted by Crippen LogP contribution is 2.39. The Kier molecular flexibility index (Phi) is 3.66. The van der Waals surface area contributed by atoms with Crippen molar-refractivity contribution >= 4 is 11.7 Å². The van der Waals surface area contributed by atoms with Crippen LogP contribution in [-0.2, 0) is 11.0 Å². The van der Waals surface area contributed by atoms with Crippen molar-refractivity contribution in [2.75, 3.05) is 5.32 Å². The highest BCUT2D eigenvalue weighted by molar-refractivity contribution is 5.94. The summed E-state index contributed by atoms with van der Waals surface area (Å²) in [5.41, 5.74) is 0.510. The number of fused-ring (bicyclic) bond motifs is 1. The predicted molar refractivity (Wildman–Crippen MR) is 79.1 cm³/mol. The Bertz CT molecular complexity index is 749. The van der Waals surface area contributed by atoms with E-state index in [-0.39, 0.29) is 18.4 Å². The Labute approximate surface area is 131 Å². The zero-order chi connectivity index (χ0) is 16.8. The molecule has 4 nitrogen and oxygen atoms in total. The van der Waals surface area contributed by atoms with E-state index in [0.717, 1.165) is 17.7 Å². The summed E-state index contributed by atoms with van der Waals surface area (Å²) >= 11 is 0. The summed E-state index contributed by atoms with van der Waals surface area (Å²) < 4.78 is 40.4. The fraction of sp³-hybridized carbons (Fsp3) is 0.375. The lowest BCUT2D eigenvalue weighted by atomic mass is 9.86. The molecule has 23 heavy (non-hydrogen) atoms. The Morgan fingerprint density at radius 1 is 1.35 bits per heavy atom. The molecule has 122 valence electrons. The maximum absolute atomic E-state index is 12.9. The quantitative estimate of drug-likeness (QED) is 0.909. The van der Waals surface area contributed by atoms with Gasteiger partial charge >= 0.3 is 6.18 Å². The van der Waals surface area contributed by atoms with Gasteiger partial charge in [-0.1, -0.05) is 18.2 Å². The van der Waals surface area contributed by atoms with Crippen molar-refractivity contribution in [2.45, 2.75) is 38.4 Å². The van der Waals surface area contributed by atoms with Gasteiger partial charge in [0.25, 0.3) is 0 Å². The summed E-state index contributed by atoms with van der Waals surface area (Å²) in [5.74, 6) is -0.0745. The fourth-order valence-electron chi connectivity index (χ4n) is 2.86. The Hall–Kier alpha value is -2.31. The molecule has 2 aromatic rings. The number of halogens is 3. The third-order valence-electron chi connectivity index (χ3n) is 3.95. The van der Waals surface area contributed by atoms with Gasteiger partial charge in [0.15, 0.2) is 0 Å². The SMILES string of the molecule is CC(C)n1ncc2c1NC(=O)C[C@@H]2c1cccc(C(F)(F)F)c1. The Balaban J connectivity index is 2.07. The van der Waals surface area contributed by atoms with Crippen molar-refractivity contribution in [3.05, 3.63) is 47.2 Å². The van der Waals surface area contributed by atoms with Gasteiger partial charge in [-0.25, -0.2) is 4.68 Å². The number of amides is 1. The number of anilines is 1. The summed E-state index contributed by atoms with van der Waals surface area (Å²) in [6.45, 7) is 3.85. The fourth-order valence-corrected chi connectivity index (χ4v) is 2.86. The van der Waals surface area contributed by atoms with E-state index >= 15 is 0 Å². The number of nitrogens with zero attached hydrogens (tertiary/aromatic N) is 2. The van der Waals surface area contributed by atoms with Gasteiger partial charge in [-0.2, -0.15) is 18.3 Å². The van der Waals surface area contributed by atoms with E-state index in [1.165, 1.54) is 6.07 Å². The van der Waals surface area contributed by atoms with E-state index in [1.807, 2.05) is 13.8 Å². The summed E-state index contributed by atoms with van der Waals surface area (Å²) in [7, 11) is 0. The molecule has 0 radical (unpaired) electrons. The van der Waals surface area contributed by atoms with Crippen LogP contribution in [-0.4, -0.2) is 15.7 Å². The zero-order valence-corrected chi connectivity index (χ0v) is 12.7. The molecule has 1 amide bonds. The zero-order valence-electron chi connectivity index (χ0n) is 12.7. The standard InChI is InChI=1S/C16H16F3N3O/c1-9(2)22-15-13(8-20-22)12(7-14(23)21-15)10-4-3-5-11(6-10)16(17,18)19/h3-6,8-9,12H,7H2,1-2H3,(H,21,23)/t12-/m1/s1. The van der Waals surface area contributed by atoms with Crippen LogP contribution >= 0.6 is 0 Å². The number of hydrogen-bond donors (Lipinski definition) is 1. The van der Waals surface area contributed by atoms with E-state index in [2.05, 4.69) is 10.4 Å². The number of aromatic nitrogens is 2. The van der Waals surface area contributed by atoms with E-state index in [1.54, 1.807) is 16.9 Å². The Morgan fingerprint density at radius 3 is 2.74 bits per heavy atom. The molecule has 7 heteroatoms. The van der Waals surface area contributed by atoms with Gasteiger partial charge in [-0.15, -0.1) is 0 Å². The molecule has 1 aromatic carbocycles. The third kappa shape index (κ3) is 2.83. The third-order valence-corrected chi connectivity index (χ3v) is 3.95. The minimum atomic E-state index is -4.40. The lowest BCUT2D eigenvalue weighted by molar-refractivity contribution is -0.137. The number of carbonyl (C=O) groups excluding carboxylic acids is 1. The molecule has 0 saturated heterocycles. The monoisotopic (exact) mass is 323 g/mol. The molecule has 0 fully saturated rings. The minimum Gasteiger partial charge on any atom is -0.311 e. The molecule has 1 aliphatic rings. The number of alkyl halides is 3. The summed E-state index contributed by atoms with van der Waals surface area (Å²) in [6.07, 6.45) is -2.67. The van der Waals surface area contributed by atoms with Crippen molar-refractivity contribution in [1.82, 2.24) is 9.78 Å². The number of carbonyl (C=O) groups is 1. The van der Waals surface area contributed by atoms with Gasteiger partial charge in [0, 0.05) is 23.9 Å². The minimum absolute atomic E-state index is 0.0410. The number of hydrogen-bond acceptors (Lipinski definition) is 2. The lowest BCUT2D eigenvalue weighted by Crippen LogP contribution is -2.25. The van der Waals surface area contributed by atoms with Crippen LogP contribution in [0, 0.1) is 0 Å². The first-order valence-corrected chi connectivity index (χ1v) is 7.31. The summed E-state index contributed by atoms with van der Waals surface area (Å²) in [6, 6.07) is 5.18. The van der Waals surface area contributed by atoms with Crippen LogP contribution in [0.1, 0.15) is 48.9 Å². The maximum atomic E-state index is 12.9. The largest absolute Gasteiger partial charge is 0.416 e. The van der Waals surface area contributed by atoms with E-state index < -0.39 is 17.7 Å². The van der Waals surface area contributed by atoms with Crippen molar-refractivity contribution in [3.8, 4) is 0 Å². The lowest BCUT2D eigenvalue weighted by Gasteiger charge is -2.25. The van der Waals surface area contributed by atoms with Gasteiger partial charge in [0.05, 0.1) is 11.8 Å². The number of nitrogens with one attached hydrogen (secondary N) is 1. The maximum Gasteiger partial charge on any atom is 0.416 e. The van der Waals surface area contributed by atoms with Crippen molar-refractivity contribution in [1.29, 1.82) is 0 Å². The van der Waals surface area contributed by atoms with Gasteiger partial charge in [0.2, 0.25) is 5.91 Å². The topological polar surface area (TPSA) is 46.9 Å².